The van der Waals surface area contributed by atoms with E-state index in [1.165, 1.54) is 5.56 Å². The van der Waals surface area contributed by atoms with Gasteiger partial charge in [-0.25, -0.2) is 0 Å². The van der Waals surface area contributed by atoms with Crippen molar-refractivity contribution in [2.45, 2.75) is 51.0 Å². The molecule has 0 unspecified atom stereocenters. The van der Waals surface area contributed by atoms with E-state index in [9.17, 15) is 4.79 Å². The Bertz CT molecular complexity index is 507. The van der Waals surface area contributed by atoms with Gasteiger partial charge in [-0.15, -0.1) is 12.4 Å². The minimum absolute atomic E-state index is 0. The Kier molecular flexibility index (Phi) is 7.36. The molecule has 0 saturated heterocycles. The van der Waals surface area contributed by atoms with Crippen LogP contribution in [-0.2, 0) is 10.2 Å². The van der Waals surface area contributed by atoms with Gasteiger partial charge in [0, 0.05) is 28.9 Å². The van der Waals surface area contributed by atoms with Gasteiger partial charge in [-0.05, 0) is 36.5 Å². The lowest BCUT2D eigenvalue weighted by molar-refractivity contribution is -0.122. The zero-order chi connectivity index (χ0) is 15.5. The van der Waals surface area contributed by atoms with Crippen LogP contribution >= 0.6 is 28.3 Å². The summed E-state index contributed by atoms with van der Waals surface area (Å²) in [5.74, 6) is 0.486. The number of nitrogens with one attached hydrogen (secondary N) is 1. The SMILES string of the molecule is CC(C)(CNC(=O)C[C@@H]1CCC[C@H]1N)c1cccc(Br)c1.Cl. The van der Waals surface area contributed by atoms with Crippen molar-refractivity contribution in [3.63, 3.8) is 0 Å². The number of halogens is 2. The van der Waals surface area contributed by atoms with Crippen LogP contribution in [0, 0.1) is 5.92 Å². The minimum atomic E-state index is -0.0861. The van der Waals surface area contributed by atoms with Crippen molar-refractivity contribution in [2.24, 2.45) is 11.7 Å². The highest BCUT2D eigenvalue weighted by atomic mass is 79.9. The first-order valence-electron chi connectivity index (χ1n) is 7.67. The second-order valence-electron chi connectivity index (χ2n) is 6.73. The molecule has 3 N–H and O–H groups in total. The molecule has 0 radical (unpaired) electrons. The van der Waals surface area contributed by atoms with E-state index in [2.05, 4.69) is 47.2 Å². The molecule has 0 heterocycles. The van der Waals surface area contributed by atoms with Gasteiger partial charge in [-0.3, -0.25) is 4.79 Å². The van der Waals surface area contributed by atoms with Crippen molar-refractivity contribution in [1.82, 2.24) is 5.32 Å². The molecule has 0 aromatic heterocycles. The van der Waals surface area contributed by atoms with E-state index in [0.29, 0.717) is 18.9 Å². The maximum atomic E-state index is 12.1. The van der Waals surface area contributed by atoms with E-state index < -0.39 is 0 Å². The predicted molar refractivity (Wildman–Crippen MR) is 97.4 cm³/mol. The van der Waals surface area contributed by atoms with Crippen molar-refractivity contribution in [2.75, 3.05) is 6.54 Å². The van der Waals surface area contributed by atoms with Gasteiger partial charge in [0.2, 0.25) is 5.91 Å². The van der Waals surface area contributed by atoms with Crippen molar-refractivity contribution >= 4 is 34.2 Å². The third kappa shape index (κ3) is 5.25. The van der Waals surface area contributed by atoms with Crippen LogP contribution in [0.25, 0.3) is 0 Å². The smallest absolute Gasteiger partial charge is 0.220 e. The Hall–Kier alpha value is -0.580. The minimum Gasteiger partial charge on any atom is -0.355 e. The summed E-state index contributed by atoms with van der Waals surface area (Å²) in [4.78, 5) is 12.1. The summed E-state index contributed by atoms with van der Waals surface area (Å²) in [6.45, 7) is 4.94. The molecule has 2 atom stereocenters. The number of carbonyl (C=O) groups is 1. The van der Waals surface area contributed by atoms with Gasteiger partial charge in [-0.2, -0.15) is 0 Å². The third-order valence-electron chi connectivity index (χ3n) is 4.50. The topological polar surface area (TPSA) is 55.1 Å². The van der Waals surface area contributed by atoms with Crippen LogP contribution in [-0.4, -0.2) is 18.5 Å². The summed E-state index contributed by atoms with van der Waals surface area (Å²) < 4.78 is 1.07. The number of benzene rings is 1. The first-order valence-corrected chi connectivity index (χ1v) is 8.46. The summed E-state index contributed by atoms with van der Waals surface area (Å²) in [5, 5.41) is 3.08. The van der Waals surface area contributed by atoms with Crippen LogP contribution in [0.4, 0.5) is 0 Å². The lowest BCUT2D eigenvalue weighted by Crippen LogP contribution is -2.38. The molecule has 3 nitrogen and oxygen atoms in total. The van der Waals surface area contributed by atoms with E-state index in [-0.39, 0.29) is 29.8 Å². The number of amides is 1. The predicted octanol–water partition coefficient (Wildman–Crippen LogP) is 3.78. The van der Waals surface area contributed by atoms with Gasteiger partial charge >= 0.3 is 0 Å². The van der Waals surface area contributed by atoms with Crippen molar-refractivity contribution in [3.8, 4) is 0 Å². The average molecular weight is 390 g/mol. The Morgan fingerprint density at radius 1 is 1.41 bits per heavy atom. The van der Waals surface area contributed by atoms with Crippen molar-refractivity contribution < 1.29 is 4.79 Å². The summed E-state index contributed by atoms with van der Waals surface area (Å²) in [5.41, 5.74) is 7.16. The average Bonchev–Trinajstić information content (AvgIpc) is 2.82. The lowest BCUT2D eigenvalue weighted by Gasteiger charge is -2.26. The Labute approximate surface area is 148 Å². The quantitative estimate of drug-likeness (QED) is 0.805. The summed E-state index contributed by atoms with van der Waals surface area (Å²) in [6.07, 6.45) is 3.86. The fourth-order valence-corrected chi connectivity index (χ4v) is 3.36. The molecule has 22 heavy (non-hydrogen) atoms. The molecule has 124 valence electrons. The fraction of sp³-hybridized carbons (Fsp3) is 0.588. The van der Waals surface area contributed by atoms with Crippen molar-refractivity contribution in [1.29, 1.82) is 0 Å². The molecule has 2 rings (SSSR count). The maximum Gasteiger partial charge on any atom is 0.220 e. The zero-order valence-electron chi connectivity index (χ0n) is 13.3. The monoisotopic (exact) mass is 388 g/mol. The maximum absolute atomic E-state index is 12.1. The molecule has 1 aromatic carbocycles. The largest absolute Gasteiger partial charge is 0.355 e. The molecule has 0 aliphatic heterocycles. The van der Waals surface area contributed by atoms with Gasteiger partial charge in [0.05, 0.1) is 0 Å². The molecule has 1 aliphatic rings. The molecule has 0 bridgehead atoms. The number of rotatable bonds is 5. The molecule has 5 heteroatoms. The van der Waals surface area contributed by atoms with Gasteiger partial charge in [-0.1, -0.05) is 48.3 Å². The lowest BCUT2D eigenvalue weighted by atomic mass is 9.84. The Balaban J connectivity index is 0.00000242. The number of carbonyl (C=O) groups excluding carboxylic acids is 1. The molecule has 1 saturated carbocycles. The first kappa shape index (κ1) is 19.5. The van der Waals surface area contributed by atoms with Crippen LogP contribution in [0.15, 0.2) is 28.7 Å². The van der Waals surface area contributed by atoms with Gasteiger partial charge < -0.3 is 11.1 Å². The van der Waals surface area contributed by atoms with Crippen LogP contribution in [0.2, 0.25) is 0 Å². The summed E-state index contributed by atoms with van der Waals surface area (Å²) in [6, 6.07) is 8.46. The molecular weight excluding hydrogens is 364 g/mol. The molecule has 1 fully saturated rings. The standard InChI is InChI=1S/C17H25BrN2O.ClH/c1-17(2,13-6-4-7-14(18)10-13)11-20-16(21)9-12-5-3-8-15(12)19;/h4,6-7,10,12,15H,3,5,8-9,11,19H2,1-2H3,(H,20,21);1H/t12-,15+;/m0./s1. The van der Waals surface area contributed by atoms with Crippen LogP contribution in [0.1, 0.15) is 45.1 Å². The normalized spacial score (nSPS) is 21.3. The van der Waals surface area contributed by atoms with Crippen LogP contribution in [0.5, 0.6) is 0 Å². The third-order valence-corrected chi connectivity index (χ3v) is 4.99. The zero-order valence-corrected chi connectivity index (χ0v) is 15.7. The first-order chi connectivity index (χ1) is 9.88. The molecule has 1 amide bonds. The van der Waals surface area contributed by atoms with Crippen LogP contribution in [0.3, 0.4) is 0 Å². The Morgan fingerprint density at radius 3 is 2.73 bits per heavy atom. The van der Waals surface area contributed by atoms with E-state index in [0.717, 1.165) is 23.7 Å². The number of hydrogen-bond donors (Lipinski definition) is 2. The van der Waals surface area contributed by atoms with Crippen LogP contribution < -0.4 is 11.1 Å². The van der Waals surface area contributed by atoms with Gasteiger partial charge in [0.25, 0.3) is 0 Å². The highest BCUT2D eigenvalue weighted by Crippen LogP contribution is 2.27. The highest BCUT2D eigenvalue weighted by Gasteiger charge is 2.27. The second kappa shape index (κ2) is 8.32. The van der Waals surface area contributed by atoms with E-state index in [1.807, 2.05) is 12.1 Å². The molecule has 0 spiro atoms. The number of hydrogen-bond acceptors (Lipinski definition) is 2. The second-order valence-corrected chi connectivity index (χ2v) is 7.65. The van der Waals surface area contributed by atoms with E-state index in [4.69, 9.17) is 5.73 Å². The Morgan fingerprint density at radius 2 is 2.14 bits per heavy atom. The van der Waals surface area contributed by atoms with E-state index in [1.54, 1.807) is 0 Å². The van der Waals surface area contributed by atoms with E-state index >= 15 is 0 Å². The number of nitrogens with two attached hydrogens (primary N) is 1. The van der Waals surface area contributed by atoms with Crippen molar-refractivity contribution in [3.05, 3.63) is 34.3 Å². The molecular formula is C17H26BrClN2O. The molecule has 1 aliphatic carbocycles. The summed E-state index contributed by atoms with van der Waals surface area (Å²) >= 11 is 3.50. The fourth-order valence-electron chi connectivity index (χ4n) is 2.96. The van der Waals surface area contributed by atoms with Gasteiger partial charge in [0.1, 0.15) is 0 Å². The molecule has 1 aromatic rings. The highest BCUT2D eigenvalue weighted by molar-refractivity contribution is 9.10. The summed E-state index contributed by atoms with van der Waals surface area (Å²) in [7, 11) is 0. The van der Waals surface area contributed by atoms with Gasteiger partial charge in [0.15, 0.2) is 0 Å².